The largest absolute Gasteiger partial charge is 0.465 e. The number of imidazole rings is 1. The lowest BCUT2D eigenvalue weighted by molar-refractivity contribution is -0.0638. The quantitative estimate of drug-likeness (QED) is 0.297. The van der Waals surface area contributed by atoms with Gasteiger partial charge in [-0.05, 0) is 93.2 Å². The summed E-state index contributed by atoms with van der Waals surface area (Å²) >= 11 is 6.02. The molecule has 0 spiro atoms. The van der Waals surface area contributed by atoms with Crippen molar-refractivity contribution in [3.05, 3.63) is 52.7 Å². The highest BCUT2D eigenvalue weighted by Crippen LogP contribution is 2.60. The predicted molar refractivity (Wildman–Crippen MR) is 144 cm³/mol. The van der Waals surface area contributed by atoms with Gasteiger partial charge in [-0.3, -0.25) is 9.08 Å². The number of carbonyl (C=O) groups is 1. The minimum Gasteiger partial charge on any atom is -0.465 e. The third kappa shape index (κ3) is 3.67. The summed E-state index contributed by atoms with van der Waals surface area (Å²) in [6.45, 7) is 4.99. The van der Waals surface area contributed by atoms with Gasteiger partial charge in [-0.1, -0.05) is 11.6 Å². The summed E-state index contributed by atoms with van der Waals surface area (Å²) in [4.78, 5) is 17.8. The SMILES string of the molecule is COC(=O)c1c(-c2cnn(CC34CC5CC(CC(C5)C3)C4)c2C)ccn2c(-c3nnc(Cl)cc3C)cnc12. The van der Waals surface area contributed by atoms with Gasteiger partial charge >= 0.3 is 5.97 Å². The Hall–Kier alpha value is -3.26. The van der Waals surface area contributed by atoms with Gasteiger partial charge in [0.1, 0.15) is 11.3 Å². The third-order valence-electron chi connectivity index (χ3n) is 9.31. The van der Waals surface area contributed by atoms with Crippen molar-refractivity contribution in [2.45, 2.75) is 58.9 Å². The molecule has 0 atom stereocenters. The second kappa shape index (κ2) is 8.63. The molecule has 196 valence electrons. The maximum absolute atomic E-state index is 13.1. The van der Waals surface area contributed by atoms with Gasteiger partial charge in [0, 0.05) is 29.6 Å². The number of aromatic nitrogens is 6. The molecule has 4 bridgehead atoms. The van der Waals surface area contributed by atoms with Crippen molar-refractivity contribution in [2.75, 3.05) is 7.11 Å². The molecule has 9 heteroatoms. The van der Waals surface area contributed by atoms with Crippen LogP contribution in [0.2, 0.25) is 5.15 Å². The minimum atomic E-state index is -0.435. The van der Waals surface area contributed by atoms with E-state index in [0.717, 1.165) is 52.4 Å². The first kappa shape index (κ1) is 23.8. The van der Waals surface area contributed by atoms with Crippen molar-refractivity contribution in [3.8, 4) is 22.5 Å². The predicted octanol–water partition coefficient (Wildman–Crippen LogP) is 5.93. The normalized spacial score (nSPS) is 25.8. The lowest BCUT2D eigenvalue weighted by Crippen LogP contribution is -2.48. The summed E-state index contributed by atoms with van der Waals surface area (Å²) in [6, 6.07) is 3.71. The van der Waals surface area contributed by atoms with Crippen LogP contribution in [0.25, 0.3) is 28.2 Å². The van der Waals surface area contributed by atoms with Crippen molar-refractivity contribution in [1.29, 1.82) is 0 Å². The molecule has 0 radical (unpaired) electrons. The van der Waals surface area contributed by atoms with E-state index in [9.17, 15) is 4.79 Å². The Balaban J connectivity index is 1.29. The van der Waals surface area contributed by atoms with Crippen molar-refractivity contribution < 1.29 is 9.53 Å². The van der Waals surface area contributed by atoms with Gasteiger partial charge in [-0.2, -0.15) is 5.10 Å². The maximum Gasteiger partial charge on any atom is 0.342 e. The number of hydrogen-bond donors (Lipinski definition) is 0. The Bertz CT molecular complexity index is 1550. The fourth-order valence-electron chi connectivity index (χ4n) is 8.13. The Morgan fingerprint density at radius 1 is 1.08 bits per heavy atom. The second-order valence-corrected chi connectivity index (χ2v) is 12.2. The van der Waals surface area contributed by atoms with Crippen LogP contribution in [0.15, 0.2) is 30.7 Å². The number of carbonyl (C=O) groups excluding carboxylic acids is 1. The number of ether oxygens (including phenoxy) is 1. The maximum atomic E-state index is 13.1. The zero-order chi connectivity index (χ0) is 26.2. The molecule has 0 N–H and O–H groups in total. The number of fused-ring (bicyclic) bond motifs is 1. The molecule has 0 aliphatic heterocycles. The molecular weight excluding hydrogens is 500 g/mol. The Labute approximate surface area is 226 Å². The molecule has 0 saturated heterocycles. The lowest BCUT2D eigenvalue weighted by Gasteiger charge is -2.56. The summed E-state index contributed by atoms with van der Waals surface area (Å²) in [5.74, 6) is 2.26. The minimum absolute atomic E-state index is 0.332. The number of pyridine rings is 1. The summed E-state index contributed by atoms with van der Waals surface area (Å²) in [5.41, 5.74) is 6.33. The van der Waals surface area contributed by atoms with Crippen LogP contribution in [-0.4, -0.2) is 42.4 Å². The van der Waals surface area contributed by atoms with Crippen LogP contribution >= 0.6 is 11.6 Å². The summed E-state index contributed by atoms with van der Waals surface area (Å²) < 4.78 is 9.27. The molecular formula is C29H31ClN6O2. The van der Waals surface area contributed by atoms with Gasteiger partial charge in [-0.25, -0.2) is 9.78 Å². The monoisotopic (exact) mass is 530 g/mol. The van der Waals surface area contributed by atoms with E-state index in [-0.39, 0.29) is 0 Å². The molecule has 0 aromatic carbocycles. The van der Waals surface area contributed by atoms with Crippen molar-refractivity contribution >= 4 is 23.2 Å². The van der Waals surface area contributed by atoms with E-state index in [2.05, 4.69) is 26.8 Å². The molecule has 4 fully saturated rings. The van der Waals surface area contributed by atoms with Gasteiger partial charge in [-0.15, -0.1) is 10.2 Å². The summed E-state index contributed by atoms with van der Waals surface area (Å²) in [5, 5.41) is 13.5. The molecule has 4 aliphatic carbocycles. The number of esters is 1. The van der Waals surface area contributed by atoms with Crippen molar-refractivity contribution in [2.24, 2.45) is 23.2 Å². The van der Waals surface area contributed by atoms with E-state index < -0.39 is 5.97 Å². The number of nitrogens with zero attached hydrogens (tertiary/aromatic N) is 6. The number of hydrogen-bond acceptors (Lipinski definition) is 6. The number of methoxy groups -OCH3 is 1. The molecule has 4 aromatic heterocycles. The highest BCUT2D eigenvalue weighted by molar-refractivity contribution is 6.29. The Kier molecular flexibility index (Phi) is 5.41. The Morgan fingerprint density at radius 3 is 2.45 bits per heavy atom. The summed E-state index contributed by atoms with van der Waals surface area (Å²) in [7, 11) is 1.40. The number of halogens is 1. The standard InChI is InChI=1S/C29H31ClN6O2/c1-16-6-24(30)33-34-26(16)23-14-31-27-25(28(37)38-3)21(4-5-35(23)27)22-13-32-36(17(22)2)15-29-10-18-7-19(11-29)9-20(8-18)12-29/h4-6,13-14,18-20H,7-12,15H2,1-3H3. The van der Waals surface area contributed by atoms with Crippen LogP contribution in [0.4, 0.5) is 0 Å². The zero-order valence-electron chi connectivity index (χ0n) is 21.9. The first-order chi connectivity index (χ1) is 18.3. The molecule has 8 rings (SSSR count). The van der Waals surface area contributed by atoms with E-state index in [4.69, 9.17) is 21.4 Å². The Morgan fingerprint density at radius 2 is 1.79 bits per heavy atom. The fourth-order valence-corrected chi connectivity index (χ4v) is 8.33. The van der Waals surface area contributed by atoms with Crippen LogP contribution in [0.3, 0.4) is 0 Å². The van der Waals surface area contributed by atoms with Gasteiger partial charge in [0.2, 0.25) is 0 Å². The third-order valence-corrected chi connectivity index (χ3v) is 9.50. The summed E-state index contributed by atoms with van der Waals surface area (Å²) in [6.07, 6.45) is 13.8. The van der Waals surface area contributed by atoms with E-state index in [0.29, 0.717) is 27.5 Å². The van der Waals surface area contributed by atoms with E-state index >= 15 is 0 Å². The molecule has 4 aliphatic rings. The van der Waals surface area contributed by atoms with Crippen LogP contribution in [0.1, 0.15) is 60.1 Å². The number of aryl methyl sites for hydroxylation is 1. The van der Waals surface area contributed by atoms with Crippen LogP contribution < -0.4 is 0 Å². The highest BCUT2D eigenvalue weighted by atomic mass is 35.5. The van der Waals surface area contributed by atoms with Crippen LogP contribution in [-0.2, 0) is 11.3 Å². The number of rotatable bonds is 5. The average Bonchev–Trinajstić information content (AvgIpc) is 3.45. The van der Waals surface area contributed by atoms with E-state index in [1.54, 1.807) is 12.3 Å². The molecule has 4 heterocycles. The van der Waals surface area contributed by atoms with Crippen molar-refractivity contribution in [3.63, 3.8) is 0 Å². The highest BCUT2D eigenvalue weighted by Gasteiger charge is 2.51. The molecule has 4 aromatic rings. The molecule has 4 saturated carbocycles. The van der Waals surface area contributed by atoms with Gasteiger partial charge < -0.3 is 4.74 Å². The molecule has 38 heavy (non-hydrogen) atoms. The van der Waals surface area contributed by atoms with E-state index in [1.165, 1.54) is 45.6 Å². The zero-order valence-corrected chi connectivity index (χ0v) is 22.7. The lowest BCUT2D eigenvalue weighted by atomic mass is 9.49. The smallest absolute Gasteiger partial charge is 0.342 e. The molecule has 8 nitrogen and oxygen atoms in total. The topological polar surface area (TPSA) is 87.2 Å². The first-order valence-corrected chi connectivity index (χ1v) is 13.8. The van der Waals surface area contributed by atoms with Gasteiger partial charge in [0.25, 0.3) is 0 Å². The van der Waals surface area contributed by atoms with Gasteiger partial charge in [0.05, 0.1) is 25.2 Å². The second-order valence-electron chi connectivity index (χ2n) is 11.9. The van der Waals surface area contributed by atoms with Crippen LogP contribution in [0.5, 0.6) is 0 Å². The van der Waals surface area contributed by atoms with Crippen LogP contribution in [0, 0.1) is 37.0 Å². The van der Waals surface area contributed by atoms with Gasteiger partial charge in [0.15, 0.2) is 10.8 Å². The van der Waals surface area contributed by atoms with Crippen molar-refractivity contribution in [1.82, 2.24) is 29.4 Å². The average molecular weight is 531 g/mol. The molecule has 0 unspecified atom stereocenters. The first-order valence-electron chi connectivity index (χ1n) is 13.5. The fraction of sp³-hybridized carbons (Fsp3) is 0.483. The van der Waals surface area contributed by atoms with E-state index in [1.807, 2.05) is 29.8 Å². The molecule has 0 amide bonds.